The molecule has 82 valence electrons. The topological polar surface area (TPSA) is 61.7 Å². The molecule has 0 bridgehead atoms. The number of halogens is 1. The highest BCUT2D eigenvalue weighted by Gasteiger charge is 2.03. The predicted molar refractivity (Wildman–Crippen MR) is 58.3 cm³/mol. The number of hydrogen-bond donors (Lipinski definition) is 2. The number of carboxylic acid groups (broad SMARTS) is 1. The number of aliphatic imine (C=N–C) groups is 1. The lowest BCUT2D eigenvalue weighted by molar-refractivity contribution is -0.136. The van der Waals surface area contributed by atoms with E-state index in [0.29, 0.717) is 6.54 Å². The summed E-state index contributed by atoms with van der Waals surface area (Å²) in [7, 11) is 0. The molecule has 1 aliphatic heterocycles. The summed E-state index contributed by atoms with van der Waals surface area (Å²) in [6.45, 7) is 1.38. The van der Waals surface area contributed by atoms with Crippen molar-refractivity contribution < 1.29 is 9.90 Å². The van der Waals surface area contributed by atoms with Crippen LogP contribution in [0.15, 0.2) is 4.99 Å². The van der Waals surface area contributed by atoms with Crippen LogP contribution in [-0.2, 0) is 4.79 Å². The Kier molecular flexibility index (Phi) is 7.20. The van der Waals surface area contributed by atoms with Gasteiger partial charge in [0.1, 0.15) is 0 Å². The minimum absolute atomic E-state index is 0. The van der Waals surface area contributed by atoms with Crippen LogP contribution in [-0.4, -0.2) is 30.0 Å². The van der Waals surface area contributed by atoms with E-state index in [0.717, 1.165) is 25.2 Å². The number of amidine groups is 1. The SMILES string of the molecule is Cl.O=C(O)CCNC1=NCCCCC1. The molecule has 1 rings (SSSR count). The maximum absolute atomic E-state index is 10.2. The monoisotopic (exact) mass is 220 g/mol. The summed E-state index contributed by atoms with van der Waals surface area (Å²) in [5.41, 5.74) is 0. The molecule has 0 atom stereocenters. The van der Waals surface area contributed by atoms with Crippen molar-refractivity contribution in [1.29, 1.82) is 0 Å². The maximum Gasteiger partial charge on any atom is 0.305 e. The molecule has 2 N–H and O–H groups in total. The van der Waals surface area contributed by atoms with Crippen molar-refractivity contribution >= 4 is 24.2 Å². The Morgan fingerprint density at radius 2 is 2.21 bits per heavy atom. The van der Waals surface area contributed by atoms with Gasteiger partial charge in [-0.25, -0.2) is 0 Å². The van der Waals surface area contributed by atoms with Gasteiger partial charge in [0, 0.05) is 19.5 Å². The van der Waals surface area contributed by atoms with Crippen LogP contribution < -0.4 is 5.32 Å². The normalized spacial score (nSPS) is 16.1. The van der Waals surface area contributed by atoms with E-state index in [-0.39, 0.29) is 18.8 Å². The van der Waals surface area contributed by atoms with Crippen molar-refractivity contribution in [3.8, 4) is 0 Å². The van der Waals surface area contributed by atoms with Gasteiger partial charge >= 0.3 is 5.97 Å². The summed E-state index contributed by atoms with van der Waals surface area (Å²) in [5.74, 6) is 0.223. The summed E-state index contributed by atoms with van der Waals surface area (Å²) >= 11 is 0. The van der Waals surface area contributed by atoms with Crippen LogP contribution in [0.1, 0.15) is 32.1 Å². The van der Waals surface area contributed by atoms with Crippen LogP contribution in [0, 0.1) is 0 Å². The number of carboxylic acids is 1. The third-order valence-corrected chi connectivity index (χ3v) is 2.04. The van der Waals surface area contributed by atoms with Crippen molar-refractivity contribution in [2.75, 3.05) is 13.1 Å². The first-order valence-corrected chi connectivity index (χ1v) is 4.78. The Morgan fingerprint density at radius 3 is 2.93 bits per heavy atom. The molecule has 0 aliphatic carbocycles. The molecule has 0 spiro atoms. The number of nitrogens with zero attached hydrogens (tertiary/aromatic N) is 1. The summed E-state index contributed by atoms with van der Waals surface area (Å²) in [5, 5.41) is 11.5. The molecule has 5 heteroatoms. The van der Waals surface area contributed by atoms with Gasteiger partial charge in [0.2, 0.25) is 0 Å². The summed E-state index contributed by atoms with van der Waals surface area (Å²) < 4.78 is 0. The van der Waals surface area contributed by atoms with E-state index in [1.54, 1.807) is 0 Å². The molecule has 0 amide bonds. The Hall–Kier alpha value is -0.770. The van der Waals surface area contributed by atoms with E-state index in [2.05, 4.69) is 10.3 Å². The lowest BCUT2D eigenvalue weighted by Crippen LogP contribution is -2.25. The molecule has 0 aromatic carbocycles. The molecule has 1 aliphatic rings. The third-order valence-electron chi connectivity index (χ3n) is 2.04. The summed E-state index contributed by atoms with van der Waals surface area (Å²) in [6, 6.07) is 0. The fourth-order valence-corrected chi connectivity index (χ4v) is 1.33. The second kappa shape index (κ2) is 7.62. The van der Waals surface area contributed by atoms with E-state index in [1.807, 2.05) is 0 Å². The highest BCUT2D eigenvalue weighted by Crippen LogP contribution is 2.05. The van der Waals surface area contributed by atoms with Crippen molar-refractivity contribution in [3.63, 3.8) is 0 Å². The second-order valence-corrected chi connectivity index (χ2v) is 3.21. The first-order chi connectivity index (χ1) is 6.29. The summed E-state index contributed by atoms with van der Waals surface area (Å²) in [4.78, 5) is 14.6. The molecule has 4 nitrogen and oxygen atoms in total. The predicted octanol–water partition coefficient (Wildman–Crippen LogP) is 1.44. The molecule has 0 aromatic heterocycles. The molecule has 0 unspecified atom stereocenters. The zero-order valence-corrected chi connectivity index (χ0v) is 8.98. The second-order valence-electron chi connectivity index (χ2n) is 3.21. The molecule has 0 saturated heterocycles. The third kappa shape index (κ3) is 5.80. The van der Waals surface area contributed by atoms with Crippen molar-refractivity contribution in [2.45, 2.75) is 32.1 Å². The minimum atomic E-state index is -0.762. The minimum Gasteiger partial charge on any atom is -0.481 e. The van der Waals surface area contributed by atoms with Crippen LogP contribution in [0.25, 0.3) is 0 Å². The van der Waals surface area contributed by atoms with Gasteiger partial charge in [-0.15, -0.1) is 12.4 Å². The fourth-order valence-electron chi connectivity index (χ4n) is 1.33. The number of nitrogens with one attached hydrogen (secondary N) is 1. The van der Waals surface area contributed by atoms with Gasteiger partial charge in [-0.3, -0.25) is 9.79 Å². The number of hydrogen-bond acceptors (Lipinski definition) is 3. The molecule has 14 heavy (non-hydrogen) atoms. The molecule has 0 aromatic rings. The highest BCUT2D eigenvalue weighted by atomic mass is 35.5. The fraction of sp³-hybridized carbons (Fsp3) is 0.778. The summed E-state index contributed by atoms with van der Waals surface area (Å²) in [6.07, 6.45) is 4.69. The van der Waals surface area contributed by atoms with Crippen LogP contribution in [0.4, 0.5) is 0 Å². The average Bonchev–Trinajstić information content (AvgIpc) is 2.32. The van der Waals surface area contributed by atoms with Crippen LogP contribution >= 0.6 is 12.4 Å². The van der Waals surface area contributed by atoms with E-state index in [9.17, 15) is 4.79 Å². The lowest BCUT2D eigenvalue weighted by Gasteiger charge is -2.05. The van der Waals surface area contributed by atoms with Crippen molar-refractivity contribution in [1.82, 2.24) is 5.32 Å². The van der Waals surface area contributed by atoms with Gasteiger partial charge in [-0.1, -0.05) is 6.42 Å². The van der Waals surface area contributed by atoms with Gasteiger partial charge in [0.05, 0.1) is 12.3 Å². The quantitative estimate of drug-likeness (QED) is 0.757. The molecule has 0 radical (unpaired) electrons. The van der Waals surface area contributed by atoms with Gasteiger partial charge < -0.3 is 10.4 Å². The van der Waals surface area contributed by atoms with Gasteiger partial charge in [0.15, 0.2) is 0 Å². The Morgan fingerprint density at radius 1 is 1.43 bits per heavy atom. The van der Waals surface area contributed by atoms with Crippen molar-refractivity contribution in [2.24, 2.45) is 4.99 Å². The van der Waals surface area contributed by atoms with Crippen LogP contribution in [0.5, 0.6) is 0 Å². The zero-order valence-electron chi connectivity index (χ0n) is 8.16. The molecular weight excluding hydrogens is 204 g/mol. The number of aliphatic carboxylic acids is 1. The highest BCUT2D eigenvalue weighted by molar-refractivity contribution is 5.85. The first-order valence-electron chi connectivity index (χ1n) is 4.78. The molecule has 0 fully saturated rings. The van der Waals surface area contributed by atoms with E-state index in [1.165, 1.54) is 12.8 Å². The number of carbonyl (C=O) groups is 1. The smallest absolute Gasteiger partial charge is 0.305 e. The van der Waals surface area contributed by atoms with E-state index < -0.39 is 5.97 Å². The lowest BCUT2D eigenvalue weighted by atomic mass is 10.2. The molecular formula is C9H17ClN2O2. The standard InChI is InChI=1S/C9H16N2O2.ClH/c12-9(13)5-7-11-8-4-2-1-3-6-10-8;/h1-7H2,(H,10,11)(H,12,13);1H. The average molecular weight is 221 g/mol. The Labute approximate surface area is 90.2 Å². The molecule has 1 heterocycles. The van der Waals surface area contributed by atoms with Gasteiger partial charge in [-0.2, -0.15) is 0 Å². The van der Waals surface area contributed by atoms with Gasteiger partial charge in [0.25, 0.3) is 0 Å². The van der Waals surface area contributed by atoms with E-state index in [4.69, 9.17) is 5.11 Å². The zero-order chi connectivity index (χ0) is 9.52. The van der Waals surface area contributed by atoms with Gasteiger partial charge in [-0.05, 0) is 12.8 Å². The largest absolute Gasteiger partial charge is 0.481 e. The van der Waals surface area contributed by atoms with Crippen molar-refractivity contribution in [3.05, 3.63) is 0 Å². The maximum atomic E-state index is 10.2. The molecule has 0 saturated carbocycles. The Bertz CT molecular complexity index is 207. The van der Waals surface area contributed by atoms with Crippen LogP contribution in [0.3, 0.4) is 0 Å². The van der Waals surface area contributed by atoms with E-state index >= 15 is 0 Å². The van der Waals surface area contributed by atoms with Crippen LogP contribution in [0.2, 0.25) is 0 Å². The number of rotatable bonds is 3. The Balaban J connectivity index is 0.00000169. The first kappa shape index (κ1) is 13.2.